The third kappa shape index (κ3) is 9.29. The van der Waals surface area contributed by atoms with Crippen LogP contribution in [-0.2, 0) is 33.9 Å². The molecule has 0 radical (unpaired) electrons. The van der Waals surface area contributed by atoms with Crippen molar-refractivity contribution in [3.05, 3.63) is 41.0 Å². The number of hydrogen-bond donors (Lipinski definition) is 4. The summed E-state index contributed by atoms with van der Waals surface area (Å²) in [6, 6.07) is 1.11. The summed E-state index contributed by atoms with van der Waals surface area (Å²) in [7, 11) is -2.65. The van der Waals surface area contributed by atoms with Crippen molar-refractivity contribution in [3.63, 3.8) is 0 Å². The van der Waals surface area contributed by atoms with Crippen molar-refractivity contribution in [2.45, 2.75) is 102 Å². The van der Waals surface area contributed by atoms with E-state index in [0.717, 1.165) is 11.0 Å². The highest BCUT2D eigenvalue weighted by atomic mass is 32.2. The molecular formula is C33H46N6O12S. The van der Waals surface area contributed by atoms with Crippen LogP contribution in [0, 0.1) is 21.4 Å². The molecule has 0 spiro atoms. The van der Waals surface area contributed by atoms with Gasteiger partial charge in [0, 0.05) is 12.3 Å². The molecule has 5 atom stereocenters. The molecule has 5 amide bonds. The summed E-state index contributed by atoms with van der Waals surface area (Å²) in [5.41, 5.74) is -4.18. The van der Waals surface area contributed by atoms with Gasteiger partial charge in [-0.15, -0.1) is 6.58 Å². The van der Waals surface area contributed by atoms with Crippen LogP contribution >= 0.6 is 0 Å². The zero-order valence-electron chi connectivity index (χ0n) is 30.1. The average Bonchev–Trinajstić information content (AvgIpc) is 3.95. The van der Waals surface area contributed by atoms with Crippen LogP contribution in [0.3, 0.4) is 0 Å². The van der Waals surface area contributed by atoms with E-state index < -0.39 is 96.5 Å². The monoisotopic (exact) mass is 750 g/mol. The summed E-state index contributed by atoms with van der Waals surface area (Å²) in [5, 5.41) is 18.5. The predicted octanol–water partition coefficient (Wildman–Crippen LogP) is 2.73. The maximum atomic E-state index is 14.3. The highest BCUT2D eigenvalue weighted by molar-refractivity contribution is 7.91. The summed E-state index contributed by atoms with van der Waals surface area (Å²) in [4.78, 5) is 79.6. The first-order chi connectivity index (χ1) is 24.0. The van der Waals surface area contributed by atoms with E-state index in [-0.39, 0.29) is 30.8 Å². The number of methoxy groups -OCH3 is 1. The van der Waals surface area contributed by atoms with Crippen molar-refractivity contribution < 1.29 is 51.5 Å². The Morgan fingerprint density at radius 1 is 1.10 bits per heavy atom. The van der Waals surface area contributed by atoms with Gasteiger partial charge in [0.2, 0.25) is 21.8 Å². The minimum absolute atomic E-state index is 0.0444. The Bertz CT molecular complexity index is 1750. The summed E-state index contributed by atoms with van der Waals surface area (Å²) in [6.45, 7) is 13.3. The number of hydrogen-bond acceptors (Lipinski definition) is 12. The highest BCUT2D eigenvalue weighted by Crippen LogP contribution is 2.45. The largest absolute Gasteiger partial charge is 0.496 e. The maximum absolute atomic E-state index is 14.3. The fourth-order valence-corrected chi connectivity index (χ4v) is 7.18. The van der Waals surface area contributed by atoms with Crippen LogP contribution in [0.2, 0.25) is 0 Å². The van der Waals surface area contributed by atoms with Crippen LogP contribution in [-0.4, -0.2) is 96.4 Å². The zero-order chi connectivity index (χ0) is 39.0. The lowest BCUT2D eigenvalue weighted by atomic mass is 9.85. The lowest BCUT2D eigenvalue weighted by Crippen LogP contribution is -2.60. The van der Waals surface area contributed by atoms with E-state index in [2.05, 4.69) is 27.3 Å². The van der Waals surface area contributed by atoms with Crippen molar-refractivity contribution >= 4 is 51.3 Å². The van der Waals surface area contributed by atoms with E-state index in [1.165, 1.54) is 25.3 Å². The Morgan fingerprint density at radius 2 is 1.75 bits per heavy atom. The number of anilines is 1. The molecule has 1 saturated heterocycles. The summed E-state index contributed by atoms with van der Waals surface area (Å²) >= 11 is 0. The number of nitrogens with zero attached hydrogens (tertiary/aromatic N) is 2. The fraction of sp³-hybridized carbons (Fsp3) is 0.606. The van der Waals surface area contributed by atoms with Crippen LogP contribution in [0.1, 0.15) is 67.2 Å². The molecule has 4 rings (SSSR count). The van der Waals surface area contributed by atoms with Crippen molar-refractivity contribution in [1.29, 1.82) is 0 Å². The molecule has 0 aromatic heterocycles. The topological polar surface area (TPSA) is 242 Å². The number of alkyl carbamates (subject to hydrolysis) is 1. The van der Waals surface area contributed by atoms with Gasteiger partial charge in [-0.3, -0.25) is 34.5 Å². The van der Waals surface area contributed by atoms with Crippen molar-refractivity contribution in [2.75, 3.05) is 19.0 Å². The Morgan fingerprint density at radius 3 is 2.27 bits per heavy atom. The van der Waals surface area contributed by atoms with Gasteiger partial charge in [-0.05, 0) is 57.6 Å². The van der Waals surface area contributed by atoms with Crippen molar-refractivity contribution in [2.24, 2.45) is 11.3 Å². The second-order valence-electron chi connectivity index (χ2n) is 15.2. The number of amides is 5. The van der Waals surface area contributed by atoms with Crippen molar-refractivity contribution in [3.8, 4) is 5.75 Å². The second-order valence-corrected chi connectivity index (χ2v) is 17.1. The summed E-state index contributed by atoms with van der Waals surface area (Å²) in [5.74, 6) is -2.98. The zero-order valence-corrected chi connectivity index (χ0v) is 31.0. The number of ether oxygens (including phenoxy) is 3. The highest BCUT2D eigenvalue weighted by Gasteiger charge is 2.62. The summed E-state index contributed by atoms with van der Waals surface area (Å²) in [6.07, 6.45) is -1.18. The molecule has 286 valence electrons. The molecule has 1 aliphatic heterocycles. The first-order valence-corrected chi connectivity index (χ1v) is 18.2. The minimum Gasteiger partial charge on any atom is -0.496 e. The third-order valence-corrected chi connectivity index (χ3v) is 10.6. The Labute approximate surface area is 301 Å². The third-order valence-electron chi connectivity index (χ3n) is 8.78. The van der Waals surface area contributed by atoms with Crippen molar-refractivity contribution in [1.82, 2.24) is 20.3 Å². The number of carbonyl (C=O) groups excluding carboxylic acids is 5. The molecule has 1 aromatic carbocycles. The molecule has 2 saturated carbocycles. The lowest BCUT2D eigenvalue weighted by molar-refractivity contribution is -0.384. The first-order valence-electron chi connectivity index (χ1n) is 16.6. The second kappa shape index (κ2) is 14.6. The number of likely N-dealkylation sites (tertiary alicyclic amines) is 1. The predicted molar refractivity (Wildman–Crippen MR) is 186 cm³/mol. The van der Waals surface area contributed by atoms with Crippen LogP contribution in [0.5, 0.6) is 5.75 Å². The van der Waals surface area contributed by atoms with Gasteiger partial charge in [0.25, 0.3) is 11.6 Å². The van der Waals surface area contributed by atoms with Gasteiger partial charge >= 0.3 is 12.2 Å². The van der Waals surface area contributed by atoms with Crippen LogP contribution in [0.25, 0.3) is 0 Å². The SMILES string of the molecule is C=CC1CC1(NC(=O)C1CC(OC(=O)Nc2ccc(OC)cc2[N+](=O)[O-])CN1C(=O)C(NC(=O)OC(C)(C)C)C(C)(C)C)C(=O)NS(=O)(=O)C1CC1. The van der Waals surface area contributed by atoms with E-state index in [1.807, 2.05) is 0 Å². The van der Waals surface area contributed by atoms with Gasteiger partial charge in [-0.1, -0.05) is 26.8 Å². The Hall–Kier alpha value is -4.94. The molecule has 5 unspecified atom stereocenters. The van der Waals surface area contributed by atoms with E-state index in [9.17, 15) is 42.5 Å². The molecule has 3 aliphatic rings. The number of nitro benzene ring substituents is 1. The average molecular weight is 751 g/mol. The smallest absolute Gasteiger partial charge is 0.412 e. The van der Waals surface area contributed by atoms with Gasteiger partial charge in [0.1, 0.15) is 40.8 Å². The molecule has 3 fully saturated rings. The molecule has 2 aliphatic carbocycles. The molecule has 1 aromatic rings. The van der Waals surface area contributed by atoms with Crippen LogP contribution in [0.4, 0.5) is 21.0 Å². The number of rotatable bonds is 12. The van der Waals surface area contributed by atoms with E-state index in [1.54, 1.807) is 41.5 Å². The van der Waals surface area contributed by atoms with E-state index in [4.69, 9.17) is 14.2 Å². The number of nitrogens with one attached hydrogen (secondary N) is 4. The van der Waals surface area contributed by atoms with Gasteiger partial charge in [-0.25, -0.2) is 18.0 Å². The molecule has 52 heavy (non-hydrogen) atoms. The summed E-state index contributed by atoms with van der Waals surface area (Å²) < 4.78 is 43.2. The number of sulfonamides is 1. The van der Waals surface area contributed by atoms with Gasteiger partial charge in [-0.2, -0.15) is 0 Å². The van der Waals surface area contributed by atoms with Gasteiger partial charge in [0.05, 0.1) is 29.9 Å². The van der Waals surface area contributed by atoms with E-state index in [0.29, 0.717) is 12.8 Å². The van der Waals surface area contributed by atoms with Crippen LogP contribution < -0.4 is 25.4 Å². The molecular weight excluding hydrogens is 704 g/mol. The number of carbonyl (C=O) groups is 5. The standard InChI is InChI=1S/C33H46N6O12S/c1-9-18-16-33(18,28(42)37-52(47,48)21-11-12-21)36-26(40)24-15-20(50-29(43)34-22-13-10-19(49-8)14-23(22)39(45)46)17-38(24)27(41)25(31(2,3)4)35-30(44)51-32(5,6)7/h9-10,13-14,18,20-21,24-25H,1,11-12,15-17H2,2-8H3,(H,34,43)(H,35,44)(H,36,40)(H,37,42). The minimum atomic E-state index is -3.97. The normalized spacial score (nSPS) is 23.4. The van der Waals surface area contributed by atoms with Gasteiger partial charge in [0.15, 0.2) is 0 Å². The molecule has 18 nitrogen and oxygen atoms in total. The number of benzene rings is 1. The maximum Gasteiger partial charge on any atom is 0.412 e. The molecule has 4 N–H and O–H groups in total. The molecule has 1 heterocycles. The Balaban J connectivity index is 1.61. The molecule has 0 bridgehead atoms. The fourth-order valence-electron chi connectivity index (χ4n) is 5.82. The first kappa shape index (κ1) is 39.8. The van der Waals surface area contributed by atoms with Gasteiger partial charge < -0.3 is 29.7 Å². The lowest BCUT2D eigenvalue weighted by Gasteiger charge is -2.36. The molecule has 19 heteroatoms. The van der Waals surface area contributed by atoms with E-state index >= 15 is 0 Å². The van der Waals surface area contributed by atoms with Crippen LogP contribution in [0.15, 0.2) is 30.9 Å². The Kier molecular flexibility index (Phi) is 11.2. The quantitative estimate of drug-likeness (QED) is 0.137. The number of nitro groups is 1.